The van der Waals surface area contributed by atoms with Crippen LogP contribution in [-0.4, -0.2) is 60.5 Å². The lowest BCUT2D eigenvalue weighted by Crippen LogP contribution is -2.50. The molecular formula is C17H19N3O4S. The number of nitrogens with zero attached hydrogens (tertiary/aromatic N) is 3. The first kappa shape index (κ1) is 17.4. The Morgan fingerprint density at radius 3 is 2.20 bits per heavy atom. The molecule has 7 nitrogen and oxygen atoms in total. The summed E-state index contributed by atoms with van der Waals surface area (Å²) < 4.78 is 25.9. The highest BCUT2D eigenvalue weighted by molar-refractivity contribution is 7.88. The van der Waals surface area contributed by atoms with E-state index in [2.05, 4.69) is 0 Å². The van der Waals surface area contributed by atoms with Crippen LogP contribution in [0.3, 0.4) is 0 Å². The van der Waals surface area contributed by atoms with Crippen LogP contribution in [0.25, 0.3) is 5.69 Å². The van der Waals surface area contributed by atoms with E-state index in [9.17, 15) is 18.0 Å². The zero-order valence-corrected chi connectivity index (χ0v) is 14.6. The second-order valence-electron chi connectivity index (χ2n) is 5.92. The second-order valence-corrected chi connectivity index (χ2v) is 7.90. The van der Waals surface area contributed by atoms with Crippen molar-refractivity contribution in [3.8, 4) is 5.69 Å². The molecule has 0 atom stereocenters. The van der Waals surface area contributed by atoms with Crippen LogP contribution in [0, 0.1) is 0 Å². The molecule has 0 bridgehead atoms. The average Bonchev–Trinajstić information content (AvgIpc) is 2.62. The number of aromatic nitrogens is 1. The van der Waals surface area contributed by atoms with Gasteiger partial charge in [0.25, 0.3) is 11.5 Å². The molecular weight excluding hydrogens is 342 g/mol. The molecule has 132 valence electrons. The molecule has 1 aromatic heterocycles. The third-order valence-corrected chi connectivity index (χ3v) is 5.49. The third-order valence-electron chi connectivity index (χ3n) is 4.19. The number of pyridine rings is 1. The molecule has 0 aliphatic carbocycles. The lowest BCUT2D eigenvalue weighted by molar-refractivity contribution is 0.0697. The predicted molar refractivity (Wildman–Crippen MR) is 94.4 cm³/mol. The summed E-state index contributed by atoms with van der Waals surface area (Å²) in [6.07, 6.45) is 2.70. The van der Waals surface area contributed by atoms with E-state index in [0.717, 1.165) is 0 Å². The number of benzene rings is 1. The lowest BCUT2D eigenvalue weighted by Gasteiger charge is -2.33. The number of sulfonamides is 1. The van der Waals surface area contributed by atoms with Gasteiger partial charge in [0, 0.05) is 44.1 Å². The summed E-state index contributed by atoms with van der Waals surface area (Å²) in [5.74, 6) is -0.210. The number of hydrogen-bond acceptors (Lipinski definition) is 4. The van der Waals surface area contributed by atoms with Crippen molar-refractivity contribution in [2.45, 2.75) is 0 Å². The molecule has 1 aliphatic heterocycles. The molecule has 0 saturated carbocycles. The standard InChI is InChI=1S/C17H19N3O4S/c1-25(23,24)19-11-9-18(10-12-19)17(22)14-7-8-16(21)20(13-14)15-5-3-2-4-6-15/h2-8,13H,9-12H2,1H3. The SMILES string of the molecule is CS(=O)(=O)N1CCN(C(=O)c2ccc(=O)n(-c3ccccc3)c2)CC1. The van der Waals surface area contributed by atoms with Crippen molar-refractivity contribution in [1.29, 1.82) is 0 Å². The monoisotopic (exact) mass is 361 g/mol. The zero-order valence-electron chi connectivity index (χ0n) is 13.8. The van der Waals surface area contributed by atoms with E-state index in [4.69, 9.17) is 0 Å². The molecule has 0 unspecified atom stereocenters. The van der Waals surface area contributed by atoms with Gasteiger partial charge in [-0.2, -0.15) is 4.31 Å². The Morgan fingerprint density at radius 2 is 1.60 bits per heavy atom. The molecule has 1 aliphatic rings. The Balaban J connectivity index is 1.81. The van der Waals surface area contributed by atoms with Gasteiger partial charge in [-0.05, 0) is 18.2 Å². The molecule has 1 fully saturated rings. The maximum absolute atomic E-state index is 12.7. The summed E-state index contributed by atoms with van der Waals surface area (Å²) >= 11 is 0. The Hall–Kier alpha value is -2.45. The first-order chi connectivity index (χ1) is 11.9. The molecule has 2 heterocycles. The van der Waals surface area contributed by atoms with E-state index in [0.29, 0.717) is 24.3 Å². The van der Waals surface area contributed by atoms with Crippen LogP contribution in [0.1, 0.15) is 10.4 Å². The lowest BCUT2D eigenvalue weighted by atomic mass is 10.2. The van der Waals surface area contributed by atoms with Crippen molar-refractivity contribution in [1.82, 2.24) is 13.8 Å². The Bertz CT molecular complexity index is 930. The highest BCUT2D eigenvalue weighted by Crippen LogP contribution is 2.12. The van der Waals surface area contributed by atoms with Crippen LogP contribution in [0.2, 0.25) is 0 Å². The first-order valence-corrected chi connectivity index (χ1v) is 9.73. The maximum atomic E-state index is 12.7. The Kier molecular flexibility index (Phi) is 4.73. The molecule has 1 amide bonds. The fraction of sp³-hybridized carbons (Fsp3) is 0.294. The summed E-state index contributed by atoms with van der Waals surface area (Å²) in [5, 5.41) is 0. The van der Waals surface area contributed by atoms with Gasteiger partial charge < -0.3 is 4.90 Å². The molecule has 1 saturated heterocycles. The highest BCUT2D eigenvalue weighted by atomic mass is 32.2. The van der Waals surface area contributed by atoms with E-state index in [1.807, 2.05) is 18.2 Å². The van der Waals surface area contributed by atoms with Gasteiger partial charge in [-0.25, -0.2) is 8.42 Å². The van der Waals surface area contributed by atoms with Gasteiger partial charge in [-0.3, -0.25) is 14.2 Å². The van der Waals surface area contributed by atoms with Crippen LogP contribution in [0.4, 0.5) is 0 Å². The molecule has 1 aromatic carbocycles. The van der Waals surface area contributed by atoms with Crippen molar-refractivity contribution in [3.63, 3.8) is 0 Å². The summed E-state index contributed by atoms with van der Waals surface area (Å²) in [6, 6.07) is 12.0. The maximum Gasteiger partial charge on any atom is 0.255 e. The summed E-state index contributed by atoms with van der Waals surface area (Å²) in [4.78, 5) is 26.4. The van der Waals surface area contributed by atoms with Crippen LogP contribution in [-0.2, 0) is 10.0 Å². The van der Waals surface area contributed by atoms with Gasteiger partial charge in [-0.15, -0.1) is 0 Å². The number of carbonyl (C=O) groups excluding carboxylic acids is 1. The minimum Gasteiger partial charge on any atom is -0.336 e. The van der Waals surface area contributed by atoms with E-state index >= 15 is 0 Å². The summed E-state index contributed by atoms with van der Waals surface area (Å²) in [6.45, 7) is 1.22. The van der Waals surface area contributed by atoms with Crippen molar-refractivity contribution in [3.05, 3.63) is 64.6 Å². The molecule has 0 spiro atoms. The van der Waals surface area contributed by atoms with Crippen molar-refractivity contribution in [2.24, 2.45) is 0 Å². The van der Waals surface area contributed by atoms with Crippen LogP contribution >= 0.6 is 0 Å². The van der Waals surface area contributed by atoms with E-state index < -0.39 is 10.0 Å². The molecule has 0 N–H and O–H groups in total. The average molecular weight is 361 g/mol. The predicted octanol–water partition coefficient (Wildman–Crippen LogP) is 0.555. The van der Waals surface area contributed by atoms with E-state index in [1.165, 1.54) is 33.5 Å². The van der Waals surface area contributed by atoms with Crippen molar-refractivity contribution >= 4 is 15.9 Å². The molecule has 2 aromatic rings. The van der Waals surface area contributed by atoms with Crippen LogP contribution in [0.5, 0.6) is 0 Å². The van der Waals surface area contributed by atoms with Crippen LogP contribution < -0.4 is 5.56 Å². The summed E-state index contributed by atoms with van der Waals surface area (Å²) in [5.41, 5.74) is 0.866. The molecule has 3 rings (SSSR count). The smallest absolute Gasteiger partial charge is 0.255 e. The van der Waals surface area contributed by atoms with Gasteiger partial charge in [-0.1, -0.05) is 18.2 Å². The quantitative estimate of drug-likeness (QED) is 0.800. The van der Waals surface area contributed by atoms with Gasteiger partial charge in [0.2, 0.25) is 10.0 Å². The topological polar surface area (TPSA) is 79.7 Å². The van der Waals surface area contributed by atoms with Crippen molar-refractivity contribution < 1.29 is 13.2 Å². The Morgan fingerprint density at radius 1 is 0.960 bits per heavy atom. The Labute approximate surface area is 146 Å². The second kappa shape index (κ2) is 6.81. The van der Waals surface area contributed by atoms with Gasteiger partial charge >= 0.3 is 0 Å². The molecule has 25 heavy (non-hydrogen) atoms. The van der Waals surface area contributed by atoms with Gasteiger partial charge in [0.05, 0.1) is 11.8 Å². The van der Waals surface area contributed by atoms with Gasteiger partial charge in [0.1, 0.15) is 0 Å². The number of piperazine rings is 1. The number of hydrogen-bond donors (Lipinski definition) is 0. The molecule has 8 heteroatoms. The fourth-order valence-electron chi connectivity index (χ4n) is 2.81. The fourth-order valence-corrected chi connectivity index (χ4v) is 3.64. The van der Waals surface area contributed by atoms with E-state index in [1.54, 1.807) is 17.0 Å². The van der Waals surface area contributed by atoms with Crippen LogP contribution in [0.15, 0.2) is 53.5 Å². The normalized spacial score (nSPS) is 16.0. The van der Waals surface area contributed by atoms with Gasteiger partial charge in [0.15, 0.2) is 0 Å². The van der Waals surface area contributed by atoms with E-state index in [-0.39, 0.29) is 24.6 Å². The number of rotatable bonds is 3. The highest BCUT2D eigenvalue weighted by Gasteiger charge is 2.26. The molecule has 0 radical (unpaired) electrons. The number of carbonyl (C=O) groups is 1. The zero-order chi connectivity index (χ0) is 18.0. The number of amides is 1. The minimum atomic E-state index is -3.24. The first-order valence-electron chi connectivity index (χ1n) is 7.89. The number of para-hydroxylation sites is 1. The largest absolute Gasteiger partial charge is 0.336 e. The minimum absolute atomic E-state index is 0.210. The third kappa shape index (κ3) is 3.80. The summed E-state index contributed by atoms with van der Waals surface area (Å²) in [7, 11) is -3.24. The van der Waals surface area contributed by atoms with Crippen molar-refractivity contribution in [2.75, 3.05) is 32.4 Å².